The number of hydrogen-bond donors (Lipinski definition) is 0. The Morgan fingerprint density at radius 3 is 2.50 bits per heavy atom. The van der Waals surface area contributed by atoms with Crippen LogP contribution in [0.15, 0.2) is 29.3 Å². The molecule has 0 saturated carbocycles. The van der Waals surface area contributed by atoms with Crippen molar-refractivity contribution >= 4 is 27.8 Å². The molecule has 0 radical (unpaired) electrons. The third-order valence-electron chi connectivity index (χ3n) is 3.92. The van der Waals surface area contributed by atoms with Crippen molar-refractivity contribution in [2.75, 3.05) is 29.9 Å². The Morgan fingerprint density at radius 1 is 1.14 bits per heavy atom. The molecular weight excluding hydrogens is 344 g/mol. The summed E-state index contributed by atoms with van der Waals surface area (Å²) in [5.41, 5.74) is 1.07. The highest BCUT2D eigenvalue weighted by molar-refractivity contribution is 9.10. The van der Waals surface area contributed by atoms with E-state index >= 15 is 0 Å². The molecule has 0 spiro atoms. The lowest BCUT2D eigenvalue weighted by molar-refractivity contribution is 0.478. The third-order valence-corrected chi connectivity index (χ3v) is 4.33. The quantitative estimate of drug-likeness (QED) is 0.835. The summed E-state index contributed by atoms with van der Waals surface area (Å²) in [7, 11) is 2.06. The highest BCUT2D eigenvalue weighted by Gasteiger charge is 2.26. The largest absolute Gasteiger partial charge is 0.339 e. The van der Waals surface area contributed by atoms with Crippen LogP contribution < -0.4 is 9.80 Å². The highest BCUT2D eigenvalue weighted by atomic mass is 79.9. The van der Waals surface area contributed by atoms with E-state index in [0.29, 0.717) is 6.04 Å². The Morgan fingerprint density at radius 2 is 1.82 bits per heavy atom. The van der Waals surface area contributed by atoms with Gasteiger partial charge in [0.15, 0.2) is 0 Å². The van der Waals surface area contributed by atoms with E-state index in [1.807, 2.05) is 19.3 Å². The van der Waals surface area contributed by atoms with E-state index < -0.39 is 0 Å². The maximum Gasteiger partial charge on any atom is 0.225 e. The molecule has 0 bridgehead atoms. The molecule has 0 aliphatic carbocycles. The van der Waals surface area contributed by atoms with Crippen LogP contribution in [0.5, 0.6) is 0 Å². The van der Waals surface area contributed by atoms with Crippen LogP contribution in [0.2, 0.25) is 0 Å². The number of aromatic nitrogens is 4. The van der Waals surface area contributed by atoms with Gasteiger partial charge < -0.3 is 9.80 Å². The summed E-state index contributed by atoms with van der Waals surface area (Å²) in [6.07, 6.45) is 9.53. The summed E-state index contributed by atoms with van der Waals surface area (Å²) in [6.45, 7) is 3.87. The lowest BCUT2D eigenvalue weighted by Crippen LogP contribution is -2.47. The summed E-state index contributed by atoms with van der Waals surface area (Å²) >= 11 is 3.37. The predicted molar refractivity (Wildman–Crippen MR) is 90.1 cm³/mol. The van der Waals surface area contributed by atoms with Gasteiger partial charge in [-0.05, 0) is 41.3 Å². The van der Waals surface area contributed by atoms with Crippen LogP contribution in [0.25, 0.3) is 0 Å². The van der Waals surface area contributed by atoms with Gasteiger partial charge in [-0.2, -0.15) is 0 Å². The molecule has 1 fully saturated rings. The highest BCUT2D eigenvalue weighted by Crippen LogP contribution is 2.21. The minimum atomic E-state index is 0.365. The lowest BCUT2D eigenvalue weighted by atomic mass is 10.1. The topological polar surface area (TPSA) is 58.0 Å². The average Bonchev–Trinajstić information content (AvgIpc) is 2.56. The first-order valence-corrected chi connectivity index (χ1v) is 8.17. The number of likely N-dealkylation sites (N-methyl/N-ethyl adjacent to an activating group) is 1. The standard InChI is InChI=1S/C15H19BrN6/c1-11-6-17-14(18-7-11)21(2)13-4-3-5-22(10-13)15-19-8-12(16)9-20-15/h6-9,13H,3-5,10H2,1-2H3. The van der Waals surface area contributed by atoms with Crippen LogP contribution in [0, 0.1) is 6.92 Å². The Labute approximate surface area is 138 Å². The van der Waals surface area contributed by atoms with Crippen molar-refractivity contribution in [2.45, 2.75) is 25.8 Å². The first-order chi connectivity index (χ1) is 10.6. The lowest BCUT2D eigenvalue weighted by Gasteiger charge is -2.37. The molecule has 0 aromatic carbocycles. The molecule has 116 valence electrons. The predicted octanol–water partition coefficient (Wildman–Crippen LogP) is 2.44. The van der Waals surface area contributed by atoms with Crippen molar-refractivity contribution in [1.82, 2.24) is 19.9 Å². The summed E-state index contributed by atoms with van der Waals surface area (Å²) in [6, 6.07) is 0.365. The minimum Gasteiger partial charge on any atom is -0.339 e. The molecule has 1 aliphatic rings. The van der Waals surface area contributed by atoms with E-state index in [4.69, 9.17) is 0 Å². The number of nitrogens with zero attached hydrogens (tertiary/aromatic N) is 6. The molecule has 22 heavy (non-hydrogen) atoms. The molecule has 3 rings (SSSR count). The van der Waals surface area contributed by atoms with Gasteiger partial charge in [-0.25, -0.2) is 19.9 Å². The van der Waals surface area contributed by atoms with E-state index in [-0.39, 0.29) is 0 Å². The fourth-order valence-electron chi connectivity index (χ4n) is 2.65. The third kappa shape index (κ3) is 3.35. The molecule has 2 aromatic heterocycles. The van der Waals surface area contributed by atoms with E-state index in [1.54, 1.807) is 12.4 Å². The van der Waals surface area contributed by atoms with Crippen molar-refractivity contribution in [3.05, 3.63) is 34.8 Å². The molecular formula is C15H19BrN6. The first kappa shape index (κ1) is 15.1. The van der Waals surface area contributed by atoms with Gasteiger partial charge >= 0.3 is 0 Å². The van der Waals surface area contributed by atoms with E-state index in [1.165, 1.54) is 0 Å². The molecule has 3 heterocycles. The molecule has 0 amide bonds. The van der Waals surface area contributed by atoms with Gasteiger partial charge in [-0.15, -0.1) is 0 Å². The molecule has 1 aliphatic heterocycles. The summed E-state index contributed by atoms with van der Waals surface area (Å²) < 4.78 is 0.898. The Bertz CT molecular complexity index is 571. The summed E-state index contributed by atoms with van der Waals surface area (Å²) in [5.74, 6) is 1.56. The zero-order valence-electron chi connectivity index (χ0n) is 12.8. The molecule has 6 nitrogen and oxygen atoms in total. The van der Waals surface area contributed by atoms with Crippen molar-refractivity contribution in [3.63, 3.8) is 0 Å². The molecule has 2 aromatic rings. The van der Waals surface area contributed by atoms with Crippen molar-refractivity contribution in [2.24, 2.45) is 0 Å². The second-order valence-corrected chi connectivity index (χ2v) is 6.53. The van der Waals surface area contributed by atoms with Gasteiger partial charge in [-0.3, -0.25) is 0 Å². The number of piperidine rings is 1. The fourth-order valence-corrected chi connectivity index (χ4v) is 2.86. The van der Waals surface area contributed by atoms with Crippen LogP contribution in [0.3, 0.4) is 0 Å². The summed E-state index contributed by atoms with van der Waals surface area (Å²) in [5, 5.41) is 0. The zero-order chi connectivity index (χ0) is 15.5. The van der Waals surface area contributed by atoms with Crippen LogP contribution in [0.4, 0.5) is 11.9 Å². The maximum atomic E-state index is 4.42. The van der Waals surface area contributed by atoms with Crippen molar-refractivity contribution in [1.29, 1.82) is 0 Å². The van der Waals surface area contributed by atoms with Crippen LogP contribution in [0.1, 0.15) is 18.4 Å². The number of aryl methyl sites for hydroxylation is 1. The fraction of sp³-hybridized carbons (Fsp3) is 0.467. The second kappa shape index (κ2) is 6.56. The molecule has 1 saturated heterocycles. The Kier molecular flexibility index (Phi) is 4.52. The van der Waals surface area contributed by atoms with Crippen LogP contribution >= 0.6 is 15.9 Å². The van der Waals surface area contributed by atoms with Gasteiger partial charge in [0.2, 0.25) is 11.9 Å². The number of hydrogen-bond acceptors (Lipinski definition) is 6. The van der Waals surface area contributed by atoms with Gasteiger partial charge in [0.1, 0.15) is 0 Å². The van der Waals surface area contributed by atoms with E-state index in [0.717, 1.165) is 47.9 Å². The first-order valence-electron chi connectivity index (χ1n) is 7.37. The zero-order valence-corrected chi connectivity index (χ0v) is 14.4. The number of halogens is 1. The maximum absolute atomic E-state index is 4.42. The monoisotopic (exact) mass is 362 g/mol. The SMILES string of the molecule is Cc1cnc(N(C)C2CCCN(c3ncc(Br)cn3)C2)nc1. The smallest absolute Gasteiger partial charge is 0.225 e. The Balaban J connectivity index is 1.72. The normalized spacial score (nSPS) is 18.3. The number of anilines is 2. The van der Waals surface area contributed by atoms with E-state index in [2.05, 4.69) is 52.7 Å². The molecule has 1 unspecified atom stereocenters. The van der Waals surface area contributed by atoms with Gasteiger partial charge in [0.25, 0.3) is 0 Å². The van der Waals surface area contributed by atoms with Gasteiger partial charge in [0.05, 0.1) is 4.47 Å². The molecule has 1 atom stereocenters. The van der Waals surface area contributed by atoms with Crippen LogP contribution in [-0.2, 0) is 0 Å². The summed E-state index contributed by atoms with van der Waals surface area (Å²) in [4.78, 5) is 22.0. The molecule has 7 heteroatoms. The molecule has 0 N–H and O–H groups in total. The van der Waals surface area contributed by atoms with Gasteiger partial charge in [-0.1, -0.05) is 0 Å². The van der Waals surface area contributed by atoms with Crippen molar-refractivity contribution < 1.29 is 0 Å². The second-order valence-electron chi connectivity index (χ2n) is 5.61. The number of rotatable bonds is 3. The Hall–Kier alpha value is -1.76. The van der Waals surface area contributed by atoms with Crippen molar-refractivity contribution in [3.8, 4) is 0 Å². The van der Waals surface area contributed by atoms with E-state index in [9.17, 15) is 0 Å². The van der Waals surface area contributed by atoms with Crippen LogP contribution in [-0.4, -0.2) is 46.1 Å². The minimum absolute atomic E-state index is 0.365. The van der Waals surface area contributed by atoms with Gasteiger partial charge in [0, 0.05) is 51.0 Å². The average molecular weight is 363 g/mol.